The van der Waals surface area contributed by atoms with Crippen molar-refractivity contribution in [3.05, 3.63) is 46.5 Å². The van der Waals surface area contributed by atoms with Gasteiger partial charge in [-0.3, -0.25) is 4.90 Å². The number of nitrogens with zero attached hydrogens (tertiary/aromatic N) is 2. The highest BCUT2D eigenvalue weighted by Gasteiger charge is 2.10. The molecule has 0 saturated carbocycles. The Kier molecular flexibility index (Phi) is 5.04. The van der Waals surface area contributed by atoms with Crippen molar-refractivity contribution in [1.29, 1.82) is 0 Å². The fourth-order valence-electron chi connectivity index (χ4n) is 2.12. The number of aromatic nitrogens is 2. The first kappa shape index (κ1) is 14.9. The van der Waals surface area contributed by atoms with Gasteiger partial charge >= 0.3 is 0 Å². The van der Waals surface area contributed by atoms with E-state index in [1.165, 1.54) is 0 Å². The molecule has 5 heteroatoms. The summed E-state index contributed by atoms with van der Waals surface area (Å²) in [5.74, 6) is 0.891. The number of aromatic amines is 1. The highest BCUT2D eigenvalue weighted by Crippen LogP contribution is 2.24. The van der Waals surface area contributed by atoms with Crippen molar-refractivity contribution in [1.82, 2.24) is 14.9 Å². The number of nitrogens with one attached hydrogen (secondary N) is 1. The van der Waals surface area contributed by atoms with E-state index < -0.39 is 0 Å². The van der Waals surface area contributed by atoms with Crippen LogP contribution in [-0.2, 0) is 13.1 Å². The summed E-state index contributed by atoms with van der Waals surface area (Å²) in [4.78, 5) is 9.61. The van der Waals surface area contributed by atoms with Gasteiger partial charge in [0.2, 0.25) is 0 Å². The molecule has 0 radical (unpaired) electrons. The Morgan fingerprint density at radius 1 is 1.35 bits per heavy atom. The van der Waals surface area contributed by atoms with Crippen molar-refractivity contribution < 1.29 is 4.74 Å². The molecule has 1 aromatic heterocycles. The zero-order valence-corrected chi connectivity index (χ0v) is 12.9. The third-order valence-electron chi connectivity index (χ3n) is 3.12. The quantitative estimate of drug-likeness (QED) is 0.887. The zero-order valence-electron chi connectivity index (χ0n) is 12.1. The van der Waals surface area contributed by atoms with Crippen molar-refractivity contribution >= 4 is 11.6 Å². The Morgan fingerprint density at radius 2 is 2.15 bits per heavy atom. The van der Waals surface area contributed by atoms with E-state index in [4.69, 9.17) is 16.3 Å². The summed E-state index contributed by atoms with van der Waals surface area (Å²) in [6, 6.07) is 5.74. The smallest absolute Gasteiger partial charge is 0.123 e. The van der Waals surface area contributed by atoms with Gasteiger partial charge in [-0.15, -0.1) is 0 Å². The molecule has 0 spiro atoms. The Labute approximate surface area is 124 Å². The highest BCUT2D eigenvalue weighted by molar-refractivity contribution is 6.30. The largest absolute Gasteiger partial charge is 0.494 e. The Hall–Kier alpha value is -1.52. The number of ether oxygens (including phenoxy) is 1. The first-order valence-electron chi connectivity index (χ1n) is 6.68. The second kappa shape index (κ2) is 6.77. The molecule has 0 atom stereocenters. The average molecular weight is 294 g/mol. The maximum absolute atomic E-state index is 6.08. The summed E-state index contributed by atoms with van der Waals surface area (Å²) in [5.41, 5.74) is 3.26. The third kappa shape index (κ3) is 3.74. The molecular formula is C15H20ClN3O. The molecule has 1 heterocycles. The van der Waals surface area contributed by atoms with Crippen LogP contribution in [0.5, 0.6) is 5.75 Å². The lowest BCUT2D eigenvalue weighted by molar-refractivity contribution is 0.295. The molecule has 0 saturated heterocycles. The summed E-state index contributed by atoms with van der Waals surface area (Å²) < 4.78 is 5.64. The van der Waals surface area contributed by atoms with Crippen LogP contribution in [0.25, 0.3) is 0 Å². The Morgan fingerprint density at radius 3 is 2.80 bits per heavy atom. The molecule has 2 aromatic rings. The van der Waals surface area contributed by atoms with Crippen LogP contribution in [0.15, 0.2) is 24.5 Å². The van der Waals surface area contributed by atoms with Gasteiger partial charge in [0.05, 0.1) is 18.6 Å². The molecule has 108 valence electrons. The van der Waals surface area contributed by atoms with Crippen molar-refractivity contribution in [2.45, 2.75) is 26.9 Å². The first-order valence-corrected chi connectivity index (χ1v) is 7.06. The fourth-order valence-corrected chi connectivity index (χ4v) is 2.31. The van der Waals surface area contributed by atoms with Gasteiger partial charge in [0, 0.05) is 29.4 Å². The van der Waals surface area contributed by atoms with Crippen LogP contribution in [0.3, 0.4) is 0 Å². The minimum absolute atomic E-state index is 0.650. The van der Waals surface area contributed by atoms with E-state index in [1.807, 2.05) is 32.0 Å². The molecule has 1 aromatic carbocycles. The lowest BCUT2D eigenvalue weighted by atomic mass is 10.2. The normalized spacial score (nSPS) is 11.1. The Balaban J connectivity index is 2.08. The molecular weight excluding hydrogens is 274 g/mol. The minimum Gasteiger partial charge on any atom is -0.494 e. The van der Waals surface area contributed by atoms with E-state index in [0.29, 0.717) is 6.61 Å². The van der Waals surface area contributed by atoms with Gasteiger partial charge in [-0.2, -0.15) is 0 Å². The van der Waals surface area contributed by atoms with E-state index in [9.17, 15) is 0 Å². The number of aryl methyl sites for hydroxylation is 1. The second-order valence-electron chi connectivity index (χ2n) is 4.83. The van der Waals surface area contributed by atoms with Gasteiger partial charge in [-0.05, 0) is 39.1 Å². The molecule has 1 N–H and O–H groups in total. The van der Waals surface area contributed by atoms with Crippen LogP contribution in [0, 0.1) is 6.92 Å². The molecule has 0 unspecified atom stereocenters. The zero-order chi connectivity index (χ0) is 14.5. The number of H-pyrrole nitrogens is 1. The monoisotopic (exact) mass is 293 g/mol. The van der Waals surface area contributed by atoms with E-state index in [0.717, 1.165) is 40.8 Å². The van der Waals surface area contributed by atoms with E-state index in [-0.39, 0.29) is 0 Å². The Bertz CT molecular complexity index is 568. The summed E-state index contributed by atoms with van der Waals surface area (Å²) in [6.45, 7) is 6.21. The summed E-state index contributed by atoms with van der Waals surface area (Å²) in [6.07, 6.45) is 1.73. The van der Waals surface area contributed by atoms with Gasteiger partial charge in [0.25, 0.3) is 0 Å². The molecule has 0 aliphatic rings. The van der Waals surface area contributed by atoms with Crippen molar-refractivity contribution in [2.75, 3.05) is 13.7 Å². The molecule has 0 fully saturated rings. The van der Waals surface area contributed by atoms with Crippen LogP contribution in [0.4, 0.5) is 0 Å². The van der Waals surface area contributed by atoms with Crippen LogP contribution in [0.2, 0.25) is 5.02 Å². The number of halogens is 1. The summed E-state index contributed by atoms with van der Waals surface area (Å²) in [7, 11) is 2.06. The van der Waals surface area contributed by atoms with E-state index in [2.05, 4.69) is 21.9 Å². The molecule has 0 amide bonds. The highest BCUT2D eigenvalue weighted by atomic mass is 35.5. The van der Waals surface area contributed by atoms with Gasteiger partial charge < -0.3 is 9.72 Å². The predicted molar refractivity (Wildman–Crippen MR) is 81.1 cm³/mol. The van der Waals surface area contributed by atoms with Crippen LogP contribution in [-0.4, -0.2) is 28.5 Å². The van der Waals surface area contributed by atoms with Crippen LogP contribution in [0.1, 0.15) is 23.9 Å². The summed E-state index contributed by atoms with van der Waals surface area (Å²) in [5, 5.41) is 0.729. The molecule has 2 rings (SSSR count). The van der Waals surface area contributed by atoms with Gasteiger partial charge in [-0.25, -0.2) is 4.98 Å². The summed E-state index contributed by atoms with van der Waals surface area (Å²) >= 11 is 6.08. The number of benzene rings is 1. The molecule has 0 bridgehead atoms. The maximum Gasteiger partial charge on any atom is 0.123 e. The molecule has 0 aliphatic carbocycles. The van der Waals surface area contributed by atoms with Crippen LogP contribution < -0.4 is 4.74 Å². The predicted octanol–water partition coefficient (Wildman–Crippen LogP) is 3.40. The maximum atomic E-state index is 6.08. The second-order valence-corrected chi connectivity index (χ2v) is 5.27. The van der Waals surface area contributed by atoms with Gasteiger partial charge in [-0.1, -0.05) is 11.6 Å². The topological polar surface area (TPSA) is 41.1 Å². The number of hydrogen-bond acceptors (Lipinski definition) is 3. The SMILES string of the molecule is CCOc1ccc(Cl)cc1CN(C)Cc1nc[nH]c1C. The first-order chi connectivity index (χ1) is 9.60. The molecule has 0 aliphatic heterocycles. The average Bonchev–Trinajstić information content (AvgIpc) is 2.78. The van der Waals surface area contributed by atoms with Crippen molar-refractivity contribution in [2.24, 2.45) is 0 Å². The van der Waals surface area contributed by atoms with Crippen LogP contribution >= 0.6 is 11.6 Å². The van der Waals surface area contributed by atoms with E-state index in [1.54, 1.807) is 6.33 Å². The number of rotatable bonds is 6. The standard InChI is InChI=1S/C15H20ClN3O/c1-4-20-15-6-5-13(16)7-12(15)8-19(3)9-14-11(2)17-10-18-14/h5-7,10H,4,8-9H2,1-3H3,(H,17,18). The lowest BCUT2D eigenvalue weighted by Crippen LogP contribution is -2.18. The van der Waals surface area contributed by atoms with Gasteiger partial charge in [0.15, 0.2) is 0 Å². The van der Waals surface area contributed by atoms with Crippen molar-refractivity contribution in [3.63, 3.8) is 0 Å². The van der Waals surface area contributed by atoms with E-state index >= 15 is 0 Å². The fraction of sp³-hybridized carbons (Fsp3) is 0.400. The number of hydrogen-bond donors (Lipinski definition) is 1. The lowest BCUT2D eigenvalue weighted by Gasteiger charge is -2.18. The van der Waals surface area contributed by atoms with Crippen molar-refractivity contribution in [3.8, 4) is 5.75 Å². The number of imidazole rings is 1. The minimum atomic E-state index is 0.650. The molecule has 4 nitrogen and oxygen atoms in total. The van der Waals surface area contributed by atoms with Gasteiger partial charge in [0.1, 0.15) is 5.75 Å². The molecule has 20 heavy (non-hydrogen) atoms. The third-order valence-corrected chi connectivity index (χ3v) is 3.35.